The van der Waals surface area contributed by atoms with Crippen LogP contribution in [0.3, 0.4) is 0 Å². The topological polar surface area (TPSA) is 47.3 Å². The van der Waals surface area contributed by atoms with Crippen LogP contribution in [0.15, 0.2) is 0 Å². The van der Waals surface area contributed by atoms with Gasteiger partial charge in [0.25, 0.3) is 0 Å². The fourth-order valence-corrected chi connectivity index (χ4v) is 1.35. The normalized spacial score (nSPS) is 22.5. The summed E-state index contributed by atoms with van der Waals surface area (Å²) in [7, 11) is 0. The second-order valence-electron chi connectivity index (χ2n) is 3.64. The van der Waals surface area contributed by atoms with E-state index in [0.29, 0.717) is 12.0 Å². The van der Waals surface area contributed by atoms with Crippen molar-refractivity contribution >= 4 is 0 Å². The first-order chi connectivity index (χ1) is 5.83. The second-order valence-corrected chi connectivity index (χ2v) is 3.64. The summed E-state index contributed by atoms with van der Waals surface area (Å²) in [6.07, 6.45) is 2.30. The number of hydrogen-bond acceptors (Lipinski definition) is 3. The molecule has 0 aliphatic carbocycles. The van der Waals surface area contributed by atoms with Gasteiger partial charge in [-0.15, -0.1) is 0 Å². The van der Waals surface area contributed by atoms with E-state index in [-0.39, 0.29) is 0 Å². The third-order valence-corrected chi connectivity index (χ3v) is 2.38. The Morgan fingerprint density at radius 1 is 1.50 bits per heavy atom. The SMILES string of the molecule is CC(CN)CNC1CCOCC1. The van der Waals surface area contributed by atoms with Crippen molar-refractivity contribution in [2.75, 3.05) is 26.3 Å². The predicted octanol–water partition coefficient (Wildman–Crippen LogP) is 0.350. The van der Waals surface area contributed by atoms with Gasteiger partial charge in [-0.25, -0.2) is 0 Å². The number of rotatable bonds is 4. The molecule has 1 aliphatic rings. The molecule has 0 radical (unpaired) electrons. The molecule has 0 bridgehead atoms. The summed E-state index contributed by atoms with van der Waals surface area (Å²) < 4.78 is 5.27. The lowest BCUT2D eigenvalue weighted by Gasteiger charge is -2.24. The predicted molar refractivity (Wildman–Crippen MR) is 50.1 cm³/mol. The summed E-state index contributed by atoms with van der Waals surface area (Å²) in [4.78, 5) is 0. The van der Waals surface area contributed by atoms with Crippen molar-refractivity contribution in [2.45, 2.75) is 25.8 Å². The lowest BCUT2D eigenvalue weighted by molar-refractivity contribution is 0.0772. The molecular formula is C9H20N2O. The summed E-state index contributed by atoms with van der Waals surface area (Å²) in [5.74, 6) is 0.591. The second kappa shape index (κ2) is 5.51. The molecule has 1 heterocycles. The number of nitrogens with two attached hydrogens (primary N) is 1. The van der Waals surface area contributed by atoms with E-state index in [4.69, 9.17) is 10.5 Å². The fourth-order valence-electron chi connectivity index (χ4n) is 1.35. The molecule has 0 aromatic rings. The number of nitrogens with one attached hydrogen (secondary N) is 1. The summed E-state index contributed by atoms with van der Waals surface area (Å²) in [6.45, 7) is 5.81. The van der Waals surface area contributed by atoms with Crippen molar-refractivity contribution in [3.63, 3.8) is 0 Å². The number of hydrogen-bond donors (Lipinski definition) is 2. The van der Waals surface area contributed by atoms with Crippen LogP contribution >= 0.6 is 0 Å². The third kappa shape index (κ3) is 3.52. The van der Waals surface area contributed by atoms with Crippen LogP contribution < -0.4 is 11.1 Å². The van der Waals surface area contributed by atoms with Crippen molar-refractivity contribution in [3.8, 4) is 0 Å². The fraction of sp³-hybridized carbons (Fsp3) is 1.00. The van der Waals surface area contributed by atoms with Gasteiger partial charge in [0.1, 0.15) is 0 Å². The Kier molecular flexibility index (Phi) is 4.58. The van der Waals surface area contributed by atoms with Crippen LogP contribution in [0.1, 0.15) is 19.8 Å². The van der Waals surface area contributed by atoms with Crippen molar-refractivity contribution in [1.29, 1.82) is 0 Å². The van der Waals surface area contributed by atoms with Crippen LogP contribution in [-0.4, -0.2) is 32.3 Å². The van der Waals surface area contributed by atoms with Crippen molar-refractivity contribution in [3.05, 3.63) is 0 Å². The Bertz CT molecular complexity index is 113. The molecule has 72 valence electrons. The number of ether oxygens (including phenoxy) is 1. The van der Waals surface area contributed by atoms with Gasteiger partial charge < -0.3 is 15.8 Å². The molecule has 0 spiro atoms. The highest BCUT2D eigenvalue weighted by Crippen LogP contribution is 2.06. The molecule has 0 aromatic carbocycles. The summed E-state index contributed by atoms with van der Waals surface area (Å²) in [5, 5.41) is 3.51. The van der Waals surface area contributed by atoms with Crippen LogP contribution in [0.2, 0.25) is 0 Å². The van der Waals surface area contributed by atoms with Crippen LogP contribution in [0.4, 0.5) is 0 Å². The van der Waals surface area contributed by atoms with E-state index in [2.05, 4.69) is 12.2 Å². The van der Waals surface area contributed by atoms with E-state index < -0.39 is 0 Å². The highest BCUT2D eigenvalue weighted by Gasteiger charge is 2.13. The molecule has 12 heavy (non-hydrogen) atoms. The van der Waals surface area contributed by atoms with E-state index >= 15 is 0 Å². The first-order valence-corrected chi connectivity index (χ1v) is 4.84. The molecule has 3 N–H and O–H groups in total. The summed E-state index contributed by atoms with van der Waals surface area (Å²) >= 11 is 0. The molecule has 1 aliphatic heterocycles. The van der Waals surface area contributed by atoms with E-state index in [9.17, 15) is 0 Å². The molecular weight excluding hydrogens is 152 g/mol. The minimum atomic E-state index is 0.591. The Morgan fingerprint density at radius 3 is 2.75 bits per heavy atom. The minimum Gasteiger partial charge on any atom is -0.381 e. The molecule has 0 aromatic heterocycles. The monoisotopic (exact) mass is 172 g/mol. The standard InChI is InChI=1S/C9H20N2O/c1-8(6-10)7-11-9-2-4-12-5-3-9/h8-9,11H,2-7,10H2,1H3. The zero-order valence-electron chi connectivity index (χ0n) is 7.88. The molecule has 1 rings (SSSR count). The molecule has 1 saturated heterocycles. The lowest BCUT2D eigenvalue weighted by Crippen LogP contribution is -2.38. The maximum atomic E-state index is 5.52. The van der Waals surface area contributed by atoms with Gasteiger partial charge in [-0.3, -0.25) is 0 Å². The molecule has 3 nitrogen and oxygen atoms in total. The average molecular weight is 172 g/mol. The van der Waals surface area contributed by atoms with Gasteiger partial charge in [0.2, 0.25) is 0 Å². The first kappa shape index (κ1) is 9.96. The van der Waals surface area contributed by atoms with E-state index in [1.807, 2.05) is 0 Å². The zero-order valence-corrected chi connectivity index (χ0v) is 7.88. The lowest BCUT2D eigenvalue weighted by atomic mass is 10.1. The molecule has 0 amide bonds. The van der Waals surface area contributed by atoms with Crippen molar-refractivity contribution in [1.82, 2.24) is 5.32 Å². The van der Waals surface area contributed by atoms with Gasteiger partial charge in [-0.05, 0) is 31.8 Å². The Labute approximate surface area is 74.7 Å². The molecule has 1 atom stereocenters. The van der Waals surface area contributed by atoms with Gasteiger partial charge in [-0.2, -0.15) is 0 Å². The minimum absolute atomic E-state index is 0.591. The Balaban J connectivity index is 2.05. The van der Waals surface area contributed by atoms with Gasteiger partial charge in [0.05, 0.1) is 0 Å². The Hall–Kier alpha value is -0.120. The average Bonchev–Trinajstić information content (AvgIpc) is 2.16. The van der Waals surface area contributed by atoms with Gasteiger partial charge in [0, 0.05) is 19.3 Å². The van der Waals surface area contributed by atoms with Crippen LogP contribution in [-0.2, 0) is 4.74 Å². The smallest absolute Gasteiger partial charge is 0.0480 e. The van der Waals surface area contributed by atoms with E-state index in [1.54, 1.807) is 0 Å². The first-order valence-electron chi connectivity index (χ1n) is 4.84. The zero-order chi connectivity index (χ0) is 8.81. The highest BCUT2D eigenvalue weighted by molar-refractivity contribution is 4.71. The van der Waals surface area contributed by atoms with E-state index in [0.717, 1.165) is 39.1 Å². The van der Waals surface area contributed by atoms with Crippen molar-refractivity contribution in [2.24, 2.45) is 11.7 Å². The quantitative estimate of drug-likeness (QED) is 0.643. The van der Waals surface area contributed by atoms with Crippen molar-refractivity contribution < 1.29 is 4.74 Å². The summed E-state index contributed by atoms with van der Waals surface area (Å²) in [6, 6.07) is 0.660. The van der Waals surface area contributed by atoms with Crippen LogP contribution in [0, 0.1) is 5.92 Å². The van der Waals surface area contributed by atoms with Crippen LogP contribution in [0.25, 0.3) is 0 Å². The third-order valence-electron chi connectivity index (χ3n) is 2.38. The highest BCUT2D eigenvalue weighted by atomic mass is 16.5. The summed E-state index contributed by atoms with van der Waals surface area (Å²) in [5.41, 5.74) is 5.52. The van der Waals surface area contributed by atoms with Gasteiger partial charge in [-0.1, -0.05) is 6.92 Å². The molecule has 3 heteroatoms. The largest absolute Gasteiger partial charge is 0.381 e. The van der Waals surface area contributed by atoms with Gasteiger partial charge in [0.15, 0.2) is 0 Å². The molecule has 1 unspecified atom stereocenters. The molecule has 0 saturated carbocycles. The Morgan fingerprint density at radius 2 is 2.17 bits per heavy atom. The van der Waals surface area contributed by atoms with E-state index in [1.165, 1.54) is 0 Å². The van der Waals surface area contributed by atoms with Gasteiger partial charge >= 0.3 is 0 Å². The van der Waals surface area contributed by atoms with Crippen LogP contribution in [0.5, 0.6) is 0 Å². The molecule has 1 fully saturated rings. The maximum Gasteiger partial charge on any atom is 0.0480 e. The maximum absolute atomic E-state index is 5.52.